The molecule has 3 aromatic rings. The molecule has 1 heterocycles. The molecule has 28 heavy (non-hydrogen) atoms. The van der Waals surface area contributed by atoms with E-state index in [9.17, 15) is 13.6 Å². The number of esters is 1. The number of hydrazone groups is 1. The van der Waals surface area contributed by atoms with Gasteiger partial charge in [-0.3, -0.25) is 10.4 Å². The van der Waals surface area contributed by atoms with E-state index in [1.165, 1.54) is 43.9 Å². The minimum Gasteiger partial charge on any atom is -0.493 e. The summed E-state index contributed by atoms with van der Waals surface area (Å²) in [5.74, 6) is -1.42. The van der Waals surface area contributed by atoms with Gasteiger partial charge in [0, 0.05) is 18.5 Å². The summed E-state index contributed by atoms with van der Waals surface area (Å²) in [6.07, 6.45) is 4.40. The molecule has 0 saturated heterocycles. The highest BCUT2D eigenvalue weighted by Crippen LogP contribution is 2.28. The molecule has 0 atom stereocenters. The van der Waals surface area contributed by atoms with E-state index in [-0.39, 0.29) is 11.4 Å². The lowest BCUT2D eigenvalue weighted by Gasteiger charge is -2.10. The number of benzene rings is 2. The third-order valence-corrected chi connectivity index (χ3v) is 3.64. The number of aromatic nitrogens is 1. The maximum Gasteiger partial charge on any atom is 0.343 e. The van der Waals surface area contributed by atoms with Crippen LogP contribution in [0.3, 0.4) is 0 Å². The van der Waals surface area contributed by atoms with Crippen molar-refractivity contribution in [2.75, 3.05) is 12.5 Å². The van der Waals surface area contributed by atoms with Crippen molar-refractivity contribution < 1.29 is 23.0 Å². The van der Waals surface area contributed by atoms with Gasteiger partial charge in [0.15, 0.2) is 17.3 Å². The molecule has 0 saturated carbocycles. The summed E-state index contributed by atoms with van der Waals surface area (Å²) in [5, 5.41) is 3.91. The fraction of sp³-hybridized carbons (Fsp3) is 0.0500. The molecule has 0 aliphatic heterocycles. The molecule has 6 nitrogen and oxygen atoms in total. The average molecular weight is 383 g/mol. The van der Waals surface area contributed by atoms with E-state index in [1.807, 2.05) is 0 Å². The van der Waals surface area contributed by atoms with E-state index in [1.54, 1.807) is 18.2 Å². The first-order valence-corrected chi connectivity index (χ1v) is 8.11. The van der Waals surface area contributed by atoms with Crippen LogP contribution in [0, 0.1) is 11.6 Å². The Kier molecular flexibility index (Phi) is 5.91. The number of methoxy groups -OCH3 is 1. The van der Waals surface area contributed by atoms with Crippen molar-refractivity contribution in [2.24, 2.45) is 5.10 Å². The first kappa shape index (κ1) is 19.0. The predicted molar refractivity (Wildman–Crippen MR) is 99.8 cm³/mol. The molecule has 0 spiro atoms. The molecular formula is C20H15F2N3O3. The maximum absolute atomic E-state index is 13.6. The molecule has 0 aliphatic carbocycles. The average Bonchev–Trinajstić information content (AvgIpc) is 2.71. The monoisotopic (exact) mass is 383 g/mol. The number of pyridine rings is 1. The van der Waals surface area contributed by atoms with Gasteiger partial charge in [-0.2, -0.15) is 5.10 Å². The van der Waals surface area contributed by atoms with Gasteiger partial charge in [-0.25, -0.2) is 13.6 Å². The number of halogens is 2. The molecule has 0 unspecified atom stereocenters. The minimum absolute atomic E-state index is 0.0347. The zero-order chi connectivity index (χ0) is 19.9. The largest absolute Gasteiger partial charge is 0.493 e. The van der Waals surface area contributed by atoms with Crippen molar-refractivity contribution in [3.05, 3.63) is 83.7 Å². The number of anilines is 1. The van der Waals surface area contributed by atoms with Crippen LogP contribution >= 0.6 is 0 Å². The Morgan fingerprint density at radius 1 is 1.07 bits per heavy atom. The zero-order valence-corrected chi connectivity index (χ0v) is 14.7. The molecule has 2 aromatic carbocycles. The Hall–Kier alpha value is -3.81. The maximum atomic E-state index is 13.6. The van der Waals surface area contributed by atoms with Gasteiger partial charge in [0.2, 0.25) is 0 Å². The Morgan fingerprint density at radius 2 is 1.86 bits per heavy atom. The van der Waals surface area contributed by atoms with E-state index in [0.29, 0.717) is 16.9 Å². The summed E-state index contributed by atoms with van der Waals surface area (Å²) in [4.78, 5) is 16.0. The lowest BCUT2D eigenvalue weighted by atomic mass is 10.2. The molecule has 1 N–H and O–H groups in total. The van der Waals surface area contributed by atoms with Crippen molar-refractivity contribution >= 4 is 17.9 Å². The highest BCUT2D eigenvalue weighted by molar-refractivity contribution is 5.91. The van der Waals surface area contributed by atoms with Gasteiger partial charge >= 0.3 is 5.97 Å². The van der Waals surface area contributed by atoms with Crippen LogP contribution in [-0.2, 0) is 0 Å². The summed E-state index contributed by atoms with van der Waals surface area (Å²) in [6, 6.07) is 11.0. The number of nitrogens with zero attached hydrogens (tertiary/aromatic N) is 2. The molecule has 142 valence electrons. The smallest absolute Gasteiger partial charge is 0.343 e. The highest BCUT2D eigenvalue weighted by atomic mass is 19.1. The first-order valence-electron chi connectivity index (χ1n) is 8.11. The van der Waals surface area contributed by atoms with E-state index in [2.05, 4.69) is 15.5 Å². The summed E-state index contributed by atoms with van der Waals surface area (Å²) in [6.45, 7) is 0. The molecule has 0 amide bonds. The summed E-state index contributed by atoms with van der Waals surface area (Å²) >= 11 is 0. The van der Waals surface area contributed by atoms with Crippen LogP contribution in [0.2, 0.25) is 0 Å². The van der Waals surface area contributed by atoms with E-state index >= 15 is 0 Å². The van der Waals surface area contributed by atoms with Crippen LogP contribution in [0.1, 0.15) is 15.9 Å². The number of carbonyl (C=O) groups is 1. The number of nitrogens with one attached hydrogen (secondary N) is 1. The van der Waals surface area contributed by atoms with Crippen LogP contribution in [-0.4, -0.2) is 24.3 Å². The molecule has 0 aliphatic rings. The van der Waals surface area contributed by atoms with Crippen molar-refractivity contribution in [3.8, 4) is 11.5 Å². The van der Waals surface area contributed by atoms with Gasteiger partial charge in [0.05, 0.1) is 24.6 Å². The summed E-state index contributed by atoms with van der Waals surface area (Å²) < 4.78 is 37.0. The lowest BCUT2D eigenvalue weighted by Crippen LogP contribution is -2.09. The number of hydrogen-bond donors (Lipinski definition) is 1. The SMILES string of the molecule is COc1cc(/C=N\Nc2ccc(F)cc2F)ccc1OC(=O)c1ccncc1. The van der Waals surface area contributed by atoms with Gasteiger partial charge in [-0.1, -0.05) is 0 Å². The van der Waals surface area contributed by atoms with E-state index < -0.39 is 17.6 Å². The quantitative estimate of drug-likeness (QED) is 0.301. The second-order valence-electron chi connectivity index (χ2n) is 5.53. The fourth-order valence-corrected chi connectivity index (χ4v) is 2.25. The number of rotatable bonds is 6. The predicted octanol–water partition coefficient (Wildman–Crippen LogP) is 4.03. The highest BCUT2D eigenvalue weighted by Gasteiger charge is 2.12. The zero-order valence-electron chi connectivity index (χ0n) is 14.7. The fourth-order valence-electron chi connectivity index (χ4n) is 2.25. The van der Waals surface area contributed by atoms with Crippen molar-refractivity contribution in [2.45, 2.75) is 0 Å². The molecule has 0 radical (unpaired) electrons. The third kappa shape index (κ3) is 4.67. The topological polar surface area (TPSA) is 72.8 Å². The first-order chi connectivity index (χ1) is 13.6. The normalized spacial score (nSPS) is 10.7. The molecule has 8 heteroatoms. The molecule has 3 rings (SSSR count). The minimum atomic E-state index is -0.756. The number of hydrogen-bond acceptors (Lipinski definition) is 6. The Morgan fingerprint density at radius 3 is 2.57 bits per heavy atom. The lowest BCUT2D eigenvalue weighted by molar-refractivity contribution is 0.0729. The van der Waals surface area contributed by atoms with Gasteiger partial charge in [0.1, 0.15) is 5.82 Å². The van der Waals surface area contributed by atoms with Gasteiger partial charge in [0.25, 0.3) is 0 Å². The van der Waals surface area contributed by atoms with Crippen molar-refractivity contribution in [3.63, 3.8) is 0 Å². The van der Waals surface area contributed by atoms with Crippen LogP contribution < -0.4 is 14.9 Å². The second kappa shape index (κ2) is 8.72. The molecular weight excluding hydrogens is 368 g/mol. The summed E-state index contributed by atoms with van der Waals surface area (Å²) in [7, 11) is 1.44. The Bertz CT molecular complexity index is 1010. The Balaban J connectivity index is 1.71. The van der Waals surface area contributed by atoms with Crippen LogP contribution in [0.5, 0.6) is 11.5 Å². The van der Waals surface area contributed by atoms with Crippen LogP contribution in [0.25, 0.3) is 0 Å². The van der Waals surface area contributed by atoms with Crippen molar-refractivity contribution in [1.29, 1.82) is 0 Å². The summed E-state index contributed by atoms with van der Waals surface area (Å²) in [5.41, 5.74) is 3.49. The number of ether oxygens (including phenoxy) is 2. The van der Waals surface area contributed by atoms with E-state index in [0.717, 1.165) is 12.1 Å². The molecule has 0 fully saturated rings. The van der Waals surface area contributed by atoms with Gasteiger partial charge in [-0.05, 0) is 48.0 Å². The standard InChI is InChI=1S/C20H15F2N3O3/c1-27-19-10-13(12-24-25-17-4-3-15(21)11-16(17)22)2-5-18(19)28-20(26)14-6-8-23-9-7-14/h2-12,25H,1H3/b24-12-. The van der Waals surface area contributed by atoms with E-state index in [4.69, 9.17) is 9.47 Å². The van der Waals surface area contributed by atoms with Gasteiger partial charge in [-0.15, -0.1) is 0 Å². The molecule has 0 bridgehead atoms. The number of carbonyl (C=O) groups excluding carboxylic acids is 1. The van der Waals surface area contributed by atoms with Crippen molar-refractivity contribution in [1.82, 2.24) is 4.98 Å². The third-order valence-electron chi connectivity index (χ3n) is 3.64. The molecule has 1 aromatic heterocycles. The van der Waals surface area contributed by atoms with Crippen LogP contribution in [0.4, 0.5) is 14.5 Å². The second-order valence-corrected chi connectivity index (χ2v) is 5.53. The van der Waals surface area contributed by atoms with Gasteiger partial charge < -0.3 is 9.47 Å². The van der Waals surface area contributed by atoms with Crippen LogP contribution in [0.15, 0.2) is 66.0 Å². The Labute approximate surface area is 159 Å².